The predicted molar refractivity (Wildman–Crippen MR) is 64.1 cm³/mol. The van der Waals surface area contributed by atoms with Crippen LogP contribution in [0.2, 0.25) is 0 Å². The number of hydroxylamine groups is 1. The zero-order valence-corrected chi connectivity index (χ0v) is 9.71. The van der Waals surface area contributed by atoms with Gasteiger partial charge in [-0.15, -0.1) is 0 Å². The largest absolute Gasteiger partial charge is 0.276 e. The maximum absolute atomic E-state index is 5.30. The van der Waals surface area contributed by atoms with Gasteiger partial charge in [-0.1, -0.05) is 44.2 Å². The van der Waals surface area contributed by atoms with Gasteiger partial charge in [-0.05, 0) is 24.5 Å². The van der Waals surface area contributed by atoms with Crippen LogP contribution in [0, 0.1) is 12.8 Å². The predicted octanol–water partition coefficient (Wildman–Crippen LogP) is 3.14. The average molecular weight is 205 g/mol. The van der Waals surface area contributed by atoms with Crippen LogP contribution in [0.5, 0.6) is 0 Å². The molecule has 1 rings (SSSR count). The molecule has 0 saturated heterocycles. The Kier molecular flexibility index (Phi) is 4.37. The van der Waals surface area contributed by atoms with E-state index in [1.165, 1.54) is 5.56 Å². The van der Waals surface area contributed by atoms with Crippen LogP contribution in [0.3, 0.4) is 0 Å². The van der Waals surface area contributed by atoms with E-state index < -0.39 is 0 Å². The summed E-state index contributed by atoms with van der Waals surface area (Å²) in [5.41, 5.74) is 5.96. The lowest BCUT2D eigenvalue weighted by Gasteiger charge is -2.11. The van der Waals surface area contributed by atoms with Crippen LogP contribution in [0.4, 0.5) is 0 Å². The molecule has 0 aliphatic heterocycles. The van der Waals surface area contributed by atoms with Crippen molar-refractivity contribution in [2.24, 2.45) is 5.92 Å². The molecule has 2 nitrogen and oxygen atoms in total. The van der Waals surface area contributed by atoms with Gasteiger partial charge in [0.2, 0.25) is 0 Å². The van der Waals surface area contributed by atoms with E-state index in [2.05, 4.69) is 45.0 Å². The van der Waals surface area contributed by atoms with Crippen molar-refractivity contribution in [3.8, 4) is 0 Å². The lowest BCUT2D eigenvalue weighted by atomic mass is 10.1. The van der Waals surface area contributed by atoms with E-state index in [1.54, 1.807) is 0 Å². The van der Waals surface area contributed by atoms with Crippen LogP contribution in [0.25, 0.3) is 5.70 Å². The summed E-state index contributed by atoms with van der Waals surface area (Å²) in [6.07, 6.45) is 0. The summed E-state index contributed by atoms with van der Waals surface area (Å²) in [6.45, 7) is 10.9. The summed E-state index contributed by atoms with van der Waals surface area (Å²) in [6, 6.07) is 8.17. The van der Waals surface area contributed by atoms with Crippen molar-refractivity contribution >= 4 is 5.70 Å². The van der Waals surface area contributed by atoms with Gasteiger partial charge in [0.25, 0.3) is 0 Å². The smallest absolute Gasteiger partial charge is 0.0768 e. The molecule has 0 fully saturated rings. The van der Waals surface area contributed by atoms with E-state index in [9.17, 15) is 0 Å². The first-order valence-electron chi connectivity index (χ1n) is 5.23. The topological polar surface area (TPSA) is 21.3 Å². The van der Waals surface area contributed by atoms with Crippen molar-refractivity contribution in [1.29, 1.82) is 0 Å². The summed E-state index contributed by atoms with van der Waals surface area (Å²) in [7, 11) is 0. The number of benzene rings is 1. The summed E-state index contributed by atoms with van der Waals surface area (Å²) in [4.78, 5) is 5.30. The zero-order chi connectivity index (χ0) is 11.3. The molecule has 0 amide bonds. The molecule has 15 heavy (non-hydrogen) atoms. The fourth-order valence-corrected chi connectivity index (χ4v) is 1.19. The Morgan fingerprint density at radius 3 is 2.80 bits per heavy atom. The van der Waals surface area contributed by atoms with Gasteiger partial charge >= 0.3 is 0 Å². The molecule has 1 aromatic rings. The van der Waals surface area contributed by atoms with Crippen LogP contribution in [-0.4, -0.2) is 6.61 Å². The molecule has 0 aliphatic carbocycles. The van der Waals surface area contributed by atoms with Crippen LogP contribution in [-0.2, 0) is 4.84 Å². The van der Waals surface area contributed by atoms with Crippen LogP contribution in [0.15, 0.2) is 30.8 Å². The minimum atomic E-state index is 0.516. The zero-order valence-electron chi connectivity index (χ0n) is 9.71. The van der Waals surface area contributed by atoms with E-state index >= 15 is 0 Å². The Bertz CT molecular complexity index is 331. The highest BCUT2D eigenvalue weighted by Crippen LogP contribution is 2.11. The minimum Gasteiger partial charge on any atom is -0.276 e. The van der Waals surface area contributed by atoms with Crippen LogP contribution < -0.4 is 5.48 Å². The Morgan fingerprint density at radius 2 is 2.20 bits per heavy atom. The molecule has 2 heteroatoms. The SMILES string of the molecule is C=C(NOCC(C)C)c1cccc(C)c1. The second-order valence-corrected chi connectivity index (χ2v) is 4.15. The highest BCUT2D eigenvalue weighted by molar-refractivity contribution is 5.61. The monoisotopic (exact) mass is 205 g/mol. The molecule has 0 spiro atoms. The number of nitrogens with one attached hydrogen (secondary N) is 1. The molecule has 0 saturated carbocycles. The third-order valence-corrected chi connectivity index (χ3v) is 1.98. The van der Waals surface area contributed by atoms with Gasteiger partial charge in [0.05, 0.1) is 12.3 Å². The van der Waals surface area contributed by atoms with Gasteiger partial charge in [0.1, 0.15) is 0 Å². The number of aryl methyl sites for hydroxylation is 1. The van der Waals surface area contributed by atoms with E-state index in [4.69, 9.17) is 4.84 Å². The number of rotatable bonds is 5. The van der Waals surface area contributed by atoms with Crippen LogP contribution >= 0.6 is 0 Å². The Morgan fingerprint density at radius 1 is 1.47 bits per heavy atom. The molecule has 0 heterocycles. The minimum absolute atomic E-state index is 0.516. The number of hydrogen-bond acceptors (Lipinski definition) is 2. The van der Waals surface area contributed by atoms with E-state index in [-0.39, 0.29) is 0 Å². The molecule has 0 aromatic heterocycles. The molecule has 1 aromatic carbocycles. The first-order valence-corrected chi connectivity index (χ1v) is 5.23. The third-order valence-electron chi connectivity index (χ3n) is 1.98. The second-order valence-electron chi connectivity index (χ2n) is 4.15. The Balaban J connectivity index is 2.47. The van der Waals surface area contributed by atoms with Gasteiger partial charge in [-0.3, -0.25) is 10.3 Å². The van der Waals surface area contributed by atoms with E-state index in [0.29, 0.717) is 12.5 Å². The first-order chi connectivity index (χ1) is 7.09. The van der Waals surface area contributed by atoms with Gasteiger partial charge in [0, 0.05) is 0 Å². The lowest BCUT2D eigenvalue weighted by Crippen LogP contribution is -2.15. The van der Waals surface area contributed by atoms with Crippen molar-refractivity contribution in [2.75, 3.05) is 6.61 Å². The van der Waals surface area contributed by atoms with Gasteiger partial charge in [0.15, 0.2) is 0 Å². The molecule has 0 radical (unpaired) electrons. The first kappa shape index (κ1) is 11.8. The van der Waals surface area contributed by atoms with E-state index in [0.717, 1.165) is 11.3 Å². The molecular formula is C13H19NO. The number of hydrogen-bond donors (Lipinski definition) is 1. The highest BCUT2D eigenvalue weighted by atomic mass is 16.6. The van der Waals surface area contributed by atoms with Gasteiger partial charge in [-0.25, -0.2) is 0 Å². The molecule has 0 bridgehead atoms. The second kappa shape index (κ2) is 5.56. The molecule has 1 N–H and O–H groups in total. The van der Waals surface area contributed by atoms with Crippen molar-refractivity contribution in [2.45, 2.75) is 20.8 Å². The highest BCUT2D eigenvalue weighted by Gasteiger charge is 1.99. The van der Waals surface area contributed by atoms with Crippen LogP contribution in [0.1, 0.15) is 25.0 Å². The summed E-state index contributed by atoms with van der Waals surface area (Å²) < 4.78 is 0. The fourth-order valence-electron chi connectivity index (χ4n) is 1.19. The normalized spacial score (nSPS) is 10.4. The fraction of sp³-hybridized carbons (Fsp3) is 0.385. The summed E-state index contributed by atoms with van der Waals surface area (Å²) >= 11 is 0. The van der Waals surface area contributed by atoms with Crippen molar-refractivity contribution < 1.29 is 4.84 Å². The average Bonchev–Trinajstić information content (AvgIpc) is 2.17. The Hall–Kier alpha value is -1.28. The summed E-state index contributed by atoms with van der Waals surface area (Å²) in [5.74, 6) is 0.516. The van der Waals surface area contributed by atoms with Gasteiger partial charge < -0.3 is 0 Å². The maximum Gasteiger partial charge on any atom is 0.0768 e. The maximum atomic E-state index is 5.30. The molecule has 0 atom stereocenters. The third kappa shape index (κ3) is 4.17. The van der Waals surface area contributed by atoms with Crippen molar-refractivity contribution in [3.63, 3.8) is 0 Å². The van der Waals surface area contributed by atoms with E-state index in [1.807, 2.05) is 12.1 Å². The molecule has 0 unspecified atom stereocenters. The standard InChI is InChI=1S/C13H19NO/c1-10(2)9-15-14-12(4)13-7-5-6-11(3)8-13/h5-8,10,14H,4,9H2,1-3H3. The summed E-state index contributed by atoms with van der Waals surface area (Å²) in [5, 5.41) is 0. The quantitative estimate of drug-likeness (QED) is 0.746. The molecule has 0 aliphatic rings. The van der Waals surface area contributed by atoms with Gasteiger partial charge in [-0.2, -0.15) is 0 Å². The lowest BCUT2D eigenvalue weighted by molar-refractivity contribution is 0.0582. The van der Waals surface area contributed by atoms with Crippen molar-refractivity contribution in [1.82, 2.24) is 5.48 Å². The molecule has 82 valence electrons. The molecular weight excluding hydrogens is 186 g/mol. The van der Waals surface area contributed by atoms with Crippen molar-refractivity contribution in [3.05, 3.63) is 42.0 Å². The Labute approximate surface area is 91.9 Å².